The zero-order chi connectivity index (χ0) is 20.6. The summed E-state index contributed by atoms with van der Waals surface area (Å²) in [4.78, 5) is 16.8. The van der Waals surface area contributed by atoms with Crippen molar-refractivity contribution in [1.29, 1.82) is 0 Å². The molecule has 1 aromatic heterocycles. The number of ether oxygens (including phenoxy) is 2. The molecule has 8 heteroatoms. The second-order valence-corrected chi connectivity index (χ2v) is 8.65. The van der Waals surface area contributed by atoms with E-state index >= 15 is 0 Å². The molecule has 29 heavy (non-hydrogen) atoms. The third-order valence-electron chi connectivity index (χ3n) is 4.08. The fourth-order valence-corrected chi connectivity index (χ4v) is 4.57. The molecule has 0 bridgehead atoms. The molecule has 0 saturated carbocycles. The first-order valence-corrected chi connectivity index (χ1v) is 11.1. The Morgan fingerprint density at radius 1 is 1.17 bits per heavy atom. The molecule has 1 heterocycles. The molecule has 3 rings (SSSR count). The number of aromatic nitrogens is 1. The van der Waals surface area contributed by atoms with Gasteiger partial charge in [-0.25, -0.2) is 4.98 Å². The van der Waals surface area contributed by atoms with Gasteiger partial charge in [0.05, 0.1) is 26.3 Å². The lowest BCUT2D eigenvalue weighted by atomic mass is 10.2. The van der Waals surface area contributed by atoms with E-state index in [1.807, 2.05) is 47.8 Å². The summed E-state index contributed by atoms with van der Waals surface area (Å²) in [6.45, 7) is 0.405. The molecule has 0 radical (unpaired) electrons. The van der Waals surface area contributed by atoms with Crippen molar-refractivity contribution in [1.82, 2.24) is 10.3 Å². The molecule has 0 atom stereocenters. The molecule has 0 aliphatic carbocycles. The number of hydrogen-bond acceptors (Lipinski definition) is 6. The normalized spacial score (nSPS) is 10.6. The quantitative estimate of drug-likeness (QED) is 0.468. The summed E-state index contributed by atoms with van der Waals surface area (Å²) >= 11 is 9.27. The predicted octanol–water partition coefficient (Wildman–Crippen LogP) is 4.96. The second kappa shape index (κ2) is 10.5. The van der Waals surface area contributed by atoms with E-state index in [0.29, 0.717) is 11.6 Å². The average molecular weight is 449 g/mol. The van der Waals surface area contributed by atoms with Crippen molar-refractivity contribution in [3.8, 4) is 11.5 Å². The minimum Gasteiger partial charge on any atom is -0.497 e. The van der Waals surface area contributed by atoms with Gasteiger partial charge in [-0.2, -0.15) is 0 Å². The van der Waals surface area contributed by atoms with E-state index in [0.717, 1.165) is 38.4 Å². The van der Waals surface area contributed by atoms with E-state index in [1.165, 1.54) is 11.3 Å². The van der Waals surface area contributed by atoms with Gasteiger partial charge in [0.25, 0.3) is 0 Å². The van der Waals surface area contributed by atoms with Crippen LogP contribution in [0.5, 0.6) is 11.5 Å². The summed E-state index contributed by atoms with van der Waals surface area (Å²) in [6.07, 6.45) is 0.245. The first-order chi connectivity index (χ1) is 14.1. The number of carbonyl (C=O) groups is 1. The van der Waals surface area contributed by atoms with Crippen LogP contribution in [0.15, 0.2) is 52.2 Å². The lowest BCUT2D eigenvalue weighted by Gasteiger charge is -2.07. The maximum absolute atomic E-state index is 12.2. The molecule has 3 aromatic rings. The lowest BCUT2D eigenvalue weighted by molar-refractivity contribution is -0.120. The maximum Gasteiger partial charge on any atom is 0.226 e. The molecular formula is C21H21ClN2O3S2. The molecule has 0 unspecified atom stereocenters. The van der Waals surface area contributed by atoms with Crippen molar-refractivity contribution < 1.29 is 14.3 Å². The molecule has 5 nitrogen and oxygen atoms in total. The van der Waals surface area contributed by atoms with Gasteiger partial charge in [0.15, 0.2) is 0 Å². The van der Waals surface area contributed by atoms with E-state index in [1.54, 1.807) is 26.0 Å². The van der Waals surface area contributed by atoms with Crippen LogP contribution in [0.3, 0.4) is 0 Å². The fraction of sp³-hybridized carbons (Fsp3) is 0.238. The zero-order valence-corrected chi connectivity index (χ0v) is 18.5. The summed E-state index contributed by atoms with van der Waals surface area (Å²) in [5.41, 5.74) is 2.74. The molecule has 0 saturated heterocycles. The molecule has 2 aromatic carbocycles. The number of halogens is 1. The van der Waals surface area contributed by atoms with E-state index in [2.05, 4.69) is 10.3 Å². The molecule has 152 valence electrons. The van der Waals surface area contributed by atoms with Crippen LogP contribution in [-0.4, -0.2) is 25.1 Å². The number of nitrogens with one attached hydrogen (secondary N) is 1. The van der Waals surface area contributed by atoms with Crippen LogP contribution in [0.4, 0.5) is 0 Å². The minimum atomic E-state index is -0.0794. The average Bonchev–Trinajstić information content (AvgIpc) is 3.18. The molecule has 1 amide bonds. The Kier molecular flexibility index (Phi) is 7.80. The maximum atomic E-state index is 12.2. The molecule has 0 spiro atoms. The van der Waals surface area contributed by atoms with Crippen molar-refractivity contribution in [2.45, 2.75) is 23.1 Å². The highest BCUT2D eigenvalue weighted by Crippen LogP contribution is 2.30. The van der Waals surface area contributed by atoms with Gasteiger partial charge in [-0.15, -0.1) is 11.3 Å². The number of methoxy groups -OCH3 is 2. The summed E-state index contributed by atoms with van der Waals surface area (Å²) < 4.78 is 11.5. The number of hydrogen-bond donors (Lipinski definition) is 1. The minimum absolute atomic E-state index is 0.0794. The van der Waals surface area contributed by atoms with Crippen molar-refractivity contribution in [2.24, 2.45) is 0 Å². The standard InChI is InChI=1S/C21H21ClN2O3S2/c1-26-17-7-14(8-18(10-17)27-2)12-28-21-24-16(13-29-21)9-20(25)23-11-15-5-3-4-6-19(15)22/h3-8,10,13H,9,11-12H2,1-2H3,(H,23,25). The van der Waals surface area contributed by atoms with Crippen LogP contribution in [-0.2, 0) is 23.5 Å². The summed E-state index contributed by atoms with van der Waals surface area (Å²) in [5.74, 6) is 2.17. The number of nitrogens with zero attached hydrogens (tertiary/aromatic N) is 1. The number of thiazole rings is 1. The van der Waals surface area contributed by atoms with Crippen molar-refractivity contribution in [3.05, 3.63) is 69.7 Å². The van der Waals surface area contributed by atoms with E-state index in [-0.39, 0.29) is 12.3 Å². The summed E-state index contributed by atoms with van der Waals surface area (Å²) in [5, 5.41) is 5.46. The third-order valence-corrected chi connectivity index (χ3v) is 6.59. The predicted molar refractivity (Wildman–Crippen MR) is 118 cm³/mol. The van der Waals surface area contributed by atoms with Gasteiger partial charge < -0.3 is 14.8 Å². The van der Waals surface area contributed by atoms with Gasteiger partial charge in [0.1, 0.15) is 15.8 Å². The Balaban J connectivity index is 1.51. The highest BCUT2D eigenvalue weighted by molar-refractivity contribution is 8.00. The SMILES string of the molecule is COc1cc(CSc2nc(CC(=O)NCc3ccccc3Cl)cs2)cc(OC)c1. The Morgan fingerprint density at radius 3 is 2.59 bits per heavy atom. The number of benzene rings is 2. The van der Waals surface area contributed by atoms with Crippen LogP contribution in [0.1, 0.15) is 16.8 Å². The Morgan fingerprint density at radius 2 is 1.90 bits per heavy atom. The van der Waals surface area contributed by atoms with E-state index in [9.17, 15) is 4.79 Å². The van der Waals surface area contributed by atoms with Crippen LogP contribution < -0.4 is 14.8 Å². The van der Waals surface area contributed by atoms with Gasteiger partial charge in [0.2, 0.25) is 5.91 Å². The Labute approximate surface area is 183 Å². The van der Waals surface area contributed by atoms with Crippen LogP contribution in [0.25, 0.3) is 0 Å². The Bertz CT molecular complexity index is 956. The lowest BCUT2D eigenvalue weighted by Crippen LogP contribution is -2.24. The molecular weight excluding hydrogens is 428 g/mol. The Hall–Kier alpha value is -2.22. The van der Waals surface area contributed by atoms with Gasteiger partial charge in [0, 0.05) is 28.8 Å². The largest absolute Gasteiger partial charge is 0.497 e. The van der Waals surface area contributed by atoms with Gasteiger partial charge in [-0.3, -0.25) is 4.79 Å². The molecule has 0 fully saturated rings. The number of carbonyl (C=O) groups excluding carboxylic acids is 1. The number of rotatable bonds is 9. The van der Waals surface area contributed by atoms with E-state index < -0.39 is 0 Å². The summed E-state index contributed by atoms with van der Waals surface area (Å²) in [6, 6.07) is 13.3. The van der Waals surface area contributed by atoms with Gasteiger partial charge >= 0.3 is 0 Å². The highest BCUT2D eigenvalue weighted by atomic mass is 35.5. The molecule has 0 aliphatic heterocycles. The number of thioether (sulfide) groups is 1. The summed E-state index contributed by atoms with van der Waals surface area (Å²) in [7, 11) is 3.27. The topological polar surface area (TPSA) is 60.5 Å². The van der Waals surface area contributed by atoms with Crippen LogP contribution in [0.2, 0.25) is 5.02 Å². The van der Waals surface area contributed by atoms with Gasteiger partial charge in [-0.1, -0.05) is 41.6 Å². The first kappa shape index (κ1) is 21.5. The first-order valence-electron chi connectivity index (χ1n) is 8.86. The van der Waals surface area contributed by atoms with E-state index in [4.69, 9.17) is 21.1 Å². The van der Waals surface area contributed by atoms with Crippen molar-refractivity contribution in [3.63, 3.8) is 0 Å². The smallest absolute Gasteiger partial charge is 0.226 e. The van der Waals surface area contributed by atoms with Crippen molar-refractivity contribution in [2.75, 3.05) is 14.2 Å². The third kappa shape index (κ3) is 6.39. The van der Waals surface area contributed by atoms with Crippen LogP contribution >= 0.6 is 34.7 Å². The van der Waals surface area contributed by atoms with Crippen LogP contribution in [0, 0.1) is 0 Å². The fourth-order valence-electron chi connectivity index (χ4n) is 2.59. The second-order valence-electron chi connectivity index (χ2n) is 6.16. The van der Waals surface area contributed by atoms with Crippen molar-refractivity contribution >= 4 is 40.6 Å². The van der Waals surface area contributed by atoms with Gasteiger partial charge in [-0.05, 0) is 29.3 Å². The number of amides is 1. The highest BCUT2D eigenvalue weighted by Gasteiger charge is 2.10. The zero-order valence-electron chi connectivity index (χ0n) is 16.1. The molecule has 1 N–H and O–H groups in total. The molecule has 0 aliphatic rings. The monoisotopic (exact) mass is 448 g/mol.